The van der Waals surface area contributed by atoms with E-state index in [0.29, 0.717) is 6.04 Å². The molecule has 0 saturated carbocycles. The SMILES string of the molecule is CCn1nc(C)cc1CNC(C)COC. The fourth-order valence-corrected chi connectivity index (χ4v) is 1.60. The summed E-state index contributed by atoms with van der Waals surface area (Å²) in [6.45, 7) is 8.74. The van der Waals surface area contributed by atoms with E-state index in [9.17, 15) is 0 Å². The lowest BCUT2D eigenvalue weighted by Gasteiger charge is -2.12. The Kier molecular flexibility index (Phi) is 4.78. The van der Waals surface area contributed by atoms with Crippen molar-refractivity contribution < 1.29 is 4.74 Å². The number of ether oxygens (including phenoxy) is 1. The highest BCUT2D eigenvalue weighted by Crippen LogP contribution is 2.03. The molecule has 0 aliphatic carbocycles. The van der Waals surface area contributed by atoms with E-state index >= 15 is 0 Å². The van der Waals surface area contributed by atoms with E-state index in [-0.39, 0.29) is 0 Å². The molecule has 1 heterocycles. The van der Waals surface area contributed by atoms with Crippen LogP contribution in [-0.4, -0.2) is 29.5 Å². The van der Waals surface area contributed by atoms with Crippen LogP contribution in [0.2, 0.25) is 0 Å². The highest BCUT2D eigenvalue weighted by molar-refractivity contribution is 5.08. The monoisotopic (exact) mass is 211 g/mol. The third kappa shape index (κ3) is 3.64. The molecule has 4 heteroatoms. The van der Waals surface area contributed by atoms with Gasteiger partial charge in [-0.1, -0.05) is 0 Å². The number of aryl methyl sites for hydroxylation is 2. The second kappa shape index (κ2) is 5.88. The van der Waals surface area contributed by atoms with Gasteiger partial charge in [0.05, 0.1) is 18.0 Å². The minimum Gasteiger partial charge on any atom is -0.383 e. The van der Waals surface area contributed by atoms with Crippen molar-refractivity contribution in [3.8, 4) is 0 Å². The molecule has 0 bridgehead atoms. The number of aromatic nitrogens is 2. The molecular weight excluding hydrogens is 190 g/mol. The zero-order valence-corrected chi connectivity index (χ0v) is 10.1. The van der Waals surface area contributed by atoms with Crippen molar-refractivity contribution in [2.45, 2.75) is 39.9 Å². The van der Waals surface area contributed by atoms with Crippen LogP contribution in [0.15, 0.2) is 6.07 Å². The van der Waals surface area contributed by atoms with Gasteiger partial charge in [-0.05, 0) is 26.8 Å². The minimum atomic E-state index is 0.371. The van der Waals surface area contributed by atoms with Gasteiger partial charge in [0.2, 0.25) is 0 Å². The van der Waals surface area contributed by atoms with Gasteiger partial charge < -0.3 is 10.1 Å². The van der Waals surface area contributed by atoms with Crippen molar-refractivity contribution in [1.29, 1.82) is 0 Å². The summed E-state index contributed by atoms with van der Waals surface area (Å²) in [6.07, 6.45) is 0. The largest absolute Gasteiger partial charge is 0.383 e. The first-order chi connectivity index (χ1) is 7.17. The maximum Gasteiger partial charge on any atom is 0.0613 e. The summed E-state index contributed by atoms with van der Waals surface area (Å²) in [5.74, 6) is 0. The normalized spacial score (nSPS) is 13.1. The van der Waals surface area contributed by atoms with E-state index < -0.39 is 0 Å². The van der Waals surface area contributed by atoms with Crippen molar-refractivity contribution in [3.05, 3.63) is 17.5 Å². The summed E-state index contributed by atoms with van der Waals surface area (Å²) in [4.78, 5) is 0. The molecule has 1 aromatic heterocycles. The number of nitrogens with zero attached hydrogens (tertiary/aromatic N) is 2. The molecule has 1 unspecified atom stereocenters. The molecule has 86 valence electrons. The Morgan fingerprint density at radius 2 is 2.33 bits per heavy atom. The van der Waals surface area contributed by atoms with Crippen LogP contribution in [0.3, 0.4) is 0 Å². The standard InChI is InChI=1S/C11H21N3O/c1-5-14-11(6-9(2)13-14)7-12-10(3)8-15-4/h6,10,12H,5,7-8H2,1-4H3. The van der Waals surface area contributed by atoms with Crippen LogP contribution < -0.4 is 5.32 Å². The van der Waals surface area contributed by atoms with Gasteiger partial charge in [-0.3, -0.25) is 4.68 Å². The van der Waals surface area contributed by atoms with Crippen molar-refractivity contribution in [3.63, 3.8) is 0 Å². The lowest BCUT2D eigenvalue weighted by atomic mass is 10.3. The van der Waals surface area contributed by atoms with E-state index in [1.54, 1.807) is 7.11 Å². The molecule has 0 saturated heterocycles. The molecule has 0 spiro atoms. The summed E-state index contributed by atoms with van der Waals surface area (Å²) in [7, 11) is 1.72. The second-order valence-electron chi connectivity index (χ2n) is 3.83. The second-order valence-corrected chi connectivity index (χ2v) is 3.83. The molecular formula is C11H21N3O. The molecule has 1 N–H and O–H groups in total. The third-order valence-electron chi connectivity index (χ3n) is 2.33. The van der Waals surface area contributed by atoms with Crippen LogP contribution in [0.4, 0.5) is 0 Å². The van der Waals surface area contributed by atoms with Crippen LogP contribution >= 0.6 is 0 Å². The Labute approximate surface area is 91.6 Å². The van der Waals surface area contributed by atoms with Crippen LogP contribution in [0.25, 0.3) is 0 Å². The number of rotatable bonds is 6. The summed E-state index contributed by atoms with van der Waals surface area (Å²) in [6, 6.07) is 2.49. The lowest BCUT2D eigenvalue weighted by Crippen LogP contribution is -2.30. The molecule has 0 aliphatic rings. The third-order valence-corrected chi connectivity index (χ3v) is 2.33. The van der Waals surface area contributed by atoms with Gasteiger partial charge in [0, 0.05) is 26.2 Å². The van der Waals surface area contributed by atoms with Gasteiger partial charge >= 0.3 is 0 Å². The smallest absolute Gasteiger partial charge is 0.0613 e. The topological polar surface area (TPSA) is 39.1 Å². The summed E-state index contributed by atoms with van der Waals surface area (Å²) in [5.41, 5.74) is 2.31. The van der Waals surface area contributed by atoms with Crippen LogP contribution in [-0.2, 0) is 17.8 Å². The fraction of sp³-hybridized carbons (Fsp3) is 0.727. The Morgan fingerprint density at radius 1 is 1.60 bits per heavy atom. The number of hydrogen-bond acceptors (Lipinski definition) is 3. The van der Waals surface area contributed by atoms with Gasteiger partial charge in [0.25, 0.3) is 0 Å². The Hall–Kier alpha value is -0.870. The van der Waals surface area contributed by atoms with Crippen molar-refractivity contribution >= 4 is 0 Å². The van der Waals surface area contributed by atoms with E-state index in [1.807, 2.05) is 11.6 Å². The summed E-state index contributed by atoms with van der Waals surface area (Å²) in [5, 5.41) is 7.80. The fourth-order valence-electron chi connectivity index (χ4n) is 1.60. The first kappa shape index (κ1) is 12.2. The number of nitrogens with one attached hydrogen (secondary N) is 1. The van der Waals surface area contributed by atoms with Crippen molar-refractivity contribution in [2.24, 2.45) is 0 Å². The first-order valence-electron chi connectivity index (χ1n) is 5.43. The Balaban J connectivity index is 2.49. The van der Waals surface area contributed by atoms with Crippen molar-refractivity contribution in [1.82, 2.24) is 15.1 Å². The lowest BCUT2D eigenvalue weighted by molar-refractivity contribution is 0.171. The summed E-state index contributed by atoms with van der Waals surface area (Å²) >= 11 is 0. The molecule has 0 amide bonds. The quantitative estimate of drug-likeness (QED) is 0.771. The van der Waals surface area contributed by atoms with Crippen LogP contribution in [0, 0.1) is 6.92 Å². The molecule has 0 radical (unpaired) electrons. The highest BCUT2D eigenvalue weighted by Gasteiger charge is 2.05. The average Bonchev–Trinajstić information content (AvgIpc) is 2.56. The summed E-state index contributed by atoms with van der Waals surface area (Å²) < 4.78 is 7.10. The maximum atomic E-state index is 5.07. The minimum absolute atomic E-state index is 0.371. The Morgan fingerprint density at radius 3 is 2.93 bits per heavy atom. The van der Waals surface area contributed by atoms with Crippen LogP contribution in [0.5, 0.6) is 0 Å². The van der Waals surface area contributed by atoms with Gasteiger partial charge in [-0.15, -0.1) is 0 Å². The molecule has 4 nitrogen and oxygen atoms in total. The average molecular weight is 211 g/mol. The zero-order valence-electron chi connectivity index (χ0n) is 10.1. The van der Waals surface area contributed by atoms with Gasteiger partial charge in [0.1, 0.15) is 0 Å². The molecule has 0 aliphatic heterocycles. The predicted octanol–water partition coefficient (Wildman–Crippen LogP) is 1.34. The molecule has 0 fully saturated rings. The highest BCUT2D eigenvalue weighted by atomic mass is 16.5. The van der Waals surface area contributed by atoms with E-state index in [2.05, 4.69) is 30.3 Å². The van der Waals surface area contributed by atoms with Gasteiger partial charge in [-0.2, -0.15) is 5.10 Å². The van der Waals surface area contributed by atoms with E-state index in [1.165, 1.54) is 5.69 Å². The molecule has 1 aromatic rings. The predicted molar refractivity (Wildman–Crippen MR) is 60.8 cm³/mol. The molecule has 0 aromatic carbocycles. The van der Waals surface area contributed by atoms with Gasteiger partial charge in [-0.25, -0.2) is 0 Å². The van der Waals surface area contributed by atoms with E-state index in [0.717, 1.165) is 25.4 Å². The molecule has 1 atom stereocenters. The first-order valence-corrected chi connectivity index (χ1v) is 5.43. The van der Waals surface area contributed by atoms with Crippen LogP contribution in [0.1, 0.15) is 25.2 Å². The number of hydrogen-bond donors (Lipinski definition) is 1. The molecule has 15 heavy (non-hydrogen) atoms. The van der Waals surface area contributed by atoms with Gasteiger partial charge in [0.15, 0.2) is 0 Å². The molecule has 1 rings (SSSR count). The zero-order chi connectivity index (χ0) is 11.3. The van der Waals surface area contributed by atoms with E-state index in [4.69, 9.17) is 4.74 Å². The number of methoxy groups -OCH3 is 1. The van der Waals surface area contributed by atoms with Crippen molar-refractivity contribution in [2.75, 3.05) is 13.7 Å². The Bertz CT molecular complexity index is 296. The maximum absolute atomic E-state index is 5.07.